The third kappa shape index (κ3) is 28.2. The van der Waals surface area contributed by atoms with Gasteiger partial charge < -0.3 is 19.8 Å². The summed E-state index contributed by atoms with van der Waals surface area (Å²) < 4.78 is 0.639. The number of carboxylic acid groups (broad SMARTS) is 3. The molecule has 0 amide bonds. The third-order valence-electron chi connectivity index (χ3n) is 8.46. The molecular weight excluding hydrogens is 530 g/mol. The number of allylic oxidation sites excluding steroid dienone is 2. The summed E-state index contributed by atoms with van der Waals surface area (Å²) in [6, 6.07) is 0. The van der Waals surface area contributed by atoms with Crippen LogP contribution >= 0.6 is 0 Å². The van der Waals surface area contributed by atoms with Crippen LogP contribution in [-0.4, -0.2) is 63.9 Å². The van der Waals surface area contributed by atoms with Crippen molar-refractivity contribution < 1.29 is 34.2 Å². The Morgan fingerprint density at radius 2 is 0.714 bits per heavy atom. The number of nitrogens with zero attached hydrogens (tertiary/aromatic N) is 1. The number of aliphatic carboxylic acids is 3. The molecule has 0 rings (SSSR count). The van der Waals surface area contributed by atoms with E-state index >= 15 is 0 Å². The zero-order valence-corrected chi connectivity index (χ0v) is 27.2. The van der Waals surface area contributed by atoms with Gasteiger partial charge in [0.15, 0.2) is 0 Å². The monoisotopic (exact) mass is 596 g/mol. The number of hydrogen-bond acceptors (Lipinski definition) is 3. The molecule has 0 aromatic heterocycles. The van der Waals surface area contributed by atoms with Crippen molar-refractivity contribution in [3.8, 4) is 0 Å². The SMILES string of the molecule is CCCCCCCCCCC/C=C/CCCCCCCCCC[N+](CCCC(=O)O)(CCCC(=O)O)CCCC(=O)O. The predicted molar refractivity (Wildman–Crippen MR) is 173 cm³/mol. The first-order valence-electron chi connectivity index (χ1n) is 17.5. The van der Waals surface area contributed by atoms with Gasteiger partial charge in [-0.05, 0) is 38.5 Å². The van der Waals surface area contributed by atoms with E-state index in [2.05, 4.69) is 19.1 Å². The van der Waals surface area contributed by atoms with Crippen molar-refractivity contribution in [3.63, 3.8) is 0 Å². The molecule has 0 radical (unpaired) electrons. The lowest BCUT2D eigenvalue weighted by atomic mass is 10.1. The summed E-state index contributed by atoms with van der Waals surface area (Å²) in [5, 5.41) is 27.3. The van der Waals surface area contributed by atoms with Crippen molar-refractivity contribution in [3.05, 3.63) is 12.2 Å². The molecule has 0 saturated heterocycles. The average molecular weight is 597 g/mol. The number of carbonyl (C=O) groups is 3. The molecule has 7 heteroatoms. The highest BCUT2D eigenvalue weighted by Gasteiger charge is 2.27. The van der Waals surface area contributed by atoms with Gasteiger partial charge in [-0.1, -0.05) is 103 Å². The number of unbranched alkanes of at least 4 members (excludes halogenated alkanes) is 17. The van der Waals surface area contributed by atoms with Gasteiger partial charge in [0, 0.05) is 19.3 Å². The second kappa shape index (κ2) is 29.2. The van der Waals surface area contributed by atoms with Crippen molar-refractivity contribution in [2.24, 2.45) is 0 Å². The van der Waals surface area contributed by atoms with Gasteiger partial charge in [-0.3, -0.25) is 14.4 Å². The van der Waals surface area contributed by atoms with Crippen LogP contribution in [0.3, 0.4) is 0 Å². The molecule has 0 aromatic carbocycles. The van der Waals surface area contributed by atoms with Gasteiger partial charge >= 0.3 is 17.9 Å². The molecule has 0 saturated carbocycles. The normalized spacial score (nSPS) is 11.8. The van der Waals surface area contributed by atoms with E-state index in [9.17, 15) is 14.4 Å². The van der Waals surface area contributed by atoms with Gasteiger partial charge in [-0.2, -0.15) is 0 Å². The van der Waals surface area contributed by atoms with E-state index in [0.717, 1.165) is 19.4 Å². The highest BCUT2D eigenvalue weighted by molar-refractivity contribution is 5.67. The molecule has 0 atom stereocenters. The smallest absolute Gasteiger partial charge is 0.303 e. The van der Waals surface area contributed by atoms with E-state index in [-0.39, 0.29) is 19.3 Å². The second-order valence-electron chi connectivity index (χ2n) is 12.4. The average Bonchev–Trinajstić information content (AvgIpc) is 2.93. The van der Waals surface area contributed by atoms with Crippen molar-refractivity contribution in [2.45, 2.75) is 167 Å². The Labute approximate surface area is 257 Å². The molecular formula is C35H66NO6+. The number of rotatable bonds is 33. The lowest BCUT2D eigenvalue weighted by Gasteiger charge is -2.39. The topological polar surface area (TPSA) is 112 Å². The summed E-state index contributed by atoms with van der Waals surface area (Å²) in [6.45, 7) is 5.13. The third-order valence-corrected chi connectivity index (χ3v) is 8.46. The Morgan fingerprint density at radius 3 is 1.05 bits per heavy atom. The first kappa shape index (κ1) is 40.1. The minimum absolute atomic E-state index is 0.0902. The van der Waals surface area contributed by atoms with Crippen LogP contribution < -0.4 is 0 Å². The number of quaternary nitrogens is 1. The molecule has 0 aliphatic heterocycles. The largest absolute Gasteiger partial charge is 0.481 e. The summed E-state index contributed by atoms with van der Waals surface area (Å²) in [4.78, 5) is 33.2. The van der Waals surface area contributed by atoms with Crippen LogP contribution in [0.5, 0.6) is 0 Å². The maximum Gasteiger partial charge on any atom is 0.303 e. The molecule has 0 spiro atoms. The summed E-state index contributed by atoms with van der Waals surface area (Å²) in [6.07, 6.45) is 31.2. The van der Waals surface area contributed by atoms with Gasteiger partial charge in [-0.15, -0.1) is 0 Å². The highest BCUT2D eigenvalue weighted by Crippen LogP contribution is 2.19. The Kier molecular flexibility index (Phi) is 27.9. The molecule has 0 bridgehead atoms. The lowest BCUT2D eigenvalue weighted by Crippen LogP contribution is -2.51. The molecule has 246 valence electrons. The molecule has 0 heterocycles. The van der Waals surface area contributed by atoms with Crippen molar-refractivity contribution >= 4 is 17.9 Å². The molecule has 0 fully saturated rings. The van der Waals surface area contributed by atoms with Gasteiger partial charge in [0.1, 0.15) is 0 Å². The summed E-state index contributed by atoms with van der Waals surface area (Å²) in [7, 11) is 0. The molecule has 3 N–H and O–H groups in total. The maximum atomic E-state index is 11.1. The Balaban J connectivity index is 4.06. The van der Waals surface area contributed by atoms with Gasteiger partial charge in [0.25, 0.3) is 0 Å². The molecule has 0 aromatic rings. The molecule has 0 aliphatic carbocycles. The molecule has 7 nitrogen and oxygen atoms in total. The first-order valence-corrected chi connectivity index (χ1v) is 17.5. The number of hydrogen-bond donors (Lipinski definition) is 3. The fraction of sp³-hybridized carbons (Fsp3) is 0.857. The van der Waals surface area contributed by atoms with E-state index in [0.29, 0.717) is 43.4 Å². The van der Waals surface area contributed by atoms with Gasteiger partial charge in [-0.25, -0.2) is 0 Å². The van der Waals surface area contributed by atoms with Crippen LogP contribution in [0.4, 0.5) is 0 Å². The van der Waals surface area contributed by atoms with E-state index in [1.54, 1.807) is 0 Å². The zero-order valence-electron chi connectivity index (χ0n) is 27.2. The Bertz CT molecular complexity index is 643. The molecule has 42 heavy (non-hydrogen) atoms. The van der Waals surface area contributed by atoms with Gasteiger partial charge in [0.2, 0.25) is 0 Å². The van der Waals surface area contributed by atoms with Crippen LogP contribution in [0, 0.1) is 0 Å². The second-order valence-corrected chi connectivity index (χ2v) is 12.4. The molecule has 0 unspecified atom stereocenters. The predicted octanol–water partition coefficient (Wildman–Crippen LogP) is 9.39. The Morgan fingerprint density at radius 1 is 0.429 bits per heavy atom. The minimum atomic E-state index is -0.825. The van der Waals surface area contributed by atoms with Crippen LogP contribution in [0.2, 0.25) is 0 Å². The fourth-order valence-corrected chi connectivity index (χ4v) is 5.95. The summed E-state index contributed by atoms with van der Waals surface area (Å²) >= 11 is 0. The minimum Gasteiger partial charge on any atom is -0.481 e. The van der Waals surface area contributed by atoms with Crippen LogP contribution in [0.25, 0.3) is 0 Å². The maximum absolute atomic E-state index is 11.1. The first-order chi connectivity index (χ1) is 20.3. The van der Waals surface area contributed by atoms with Gasteiger partial charge in [0.05, 0.1) is 45.4 Å². The quantitative estimate of drug-likeness (QED) is 0.0395. The Hall–Kier alpha value is -1.89. The fourth-order valence-electron chi connectivity index (χ4n) is 5.95. The van der Waals surface area contributed by atoms with Crippen LogP contribution in [0.1, 0.15) is 167 Å². The van der Waals surface area contributed by atoms with E-state index < -0.39 is 17.9 Å². The van der Waals surface area contributed by atoms with E-state index in [4.69, 9.17) is 15.3 Å². The zero-order chi connectivity index (χ0) is 31.2. The number of carboxylic acids is 3. The van der Waals surface area contributed by atoms with E-state index in [1.165, 1.54) is 109 Å². The van der Waals surface area contributed by atoms with Crippen LogP contribution in [-0.2, 0) is 14.4 Å². The van der Waals surface area contributed by atoms with Crippen molar-refractivity contribution in [2.75, 3.05) is 26.2 Å². The summed E-state index contributed by atoms with van der Waals surface area (Å²) in [5.41, 5.74) is 0. The highest BCUT2D eigenvalue weighted by atomic mass is 16.4. The summed E-state index contributed by atoms with van der Waals surface area (Å²) in [5.74, 6) is -2.47. The molecule has 0 aliphatic rings. The lowest BCUT2D eigenvalue weighted by molar-refractivity contribution is -0.929. The van der Waals surface area contributed by atoms with Crippen LogP contribution in [0.15, 0.2) is 12.2 Å². The standard InChI is InChI=1S/C35H65NO6/c1-2-3-4-5-6-7-8-9-10-11-12-13-14-15-16-17-18-19-20-21-22-29-36(30-23-26-33(37)38,31-24-27-34(39)40)32-25-28-35(41)42/h12-13H,2-11,14-32H2,1H3,(H2-,37,38,39,40,41,42)/p+1/b13-12+. The van der Waals surface area contributed by atoms with Crippen molar-refractivity contribution in [1.29, 1.82) is 0 Å². The van der Waals surface area contributed by atoms with E-state index in [1.807, 2.05) is 0 Å². The van der Waals surface area contributed by atoms with Crippen molar-refractivity contribution in [1.82, 2.24) is 0 Å².